The van der Waals surface area contributed by atoms with Crippen LogP contribution < -0.4 is 15.6 Å². The number of nitrogens with one attached hydrogen (secondary N) is 2. The number of rotatable bonds is 8. The zero-order valence-electron chi connectivity index (χ0n) is 18.5. The molecule has 0 aliphatic rings. The van der Waals surface area contributed by atoms with Crippen molar-refractivity contribution in [3.63, 3.8) is 0 Å². The number of hydrogen-bond acceptors (Lipinski definition) is 8. The van der Waals surface area contributed by atoms with Crippen molar-refractivity contribution < 1.29 is 9.53 Å². The number of anilines is 1. The lowest BCUT2D eigenvalue weighted by atomic mass is 10.1. The minimum absolute atomic E-state index is 0.0612. The lowest BCUT2D eigenvalue weighted by Crippen LogP contribution is -2.25. The zero-order chi connectivity index (χ0) is 24.1. The van der Waals surface area contributed by atoms with Crippen molar-refractivity contribution in [1.29, 1.82) is 5.26 Å². The molecule has 2 aromatic heterocycles. The van der Waals surface area contributed by atoms with E-state index in [4.69, 9.17) is 4.74 Å². The highest BCUT2D eigenvalue weighted by molar-refractivity contribution is 8.00. The average molecular weight is 492 g/mol. The molecule has 2 aromatic carbocycles. The molecule has 0 radical (unpaired) electrons. The van der Waals surface area contributed by atoms with Crippen molar-refractivity contribution in [2.75, 3.05) is 11.9 Å². The summed E-state index contributed by atoms with van der Waals surface area (Å²) in [5.41, 5.74) is 1.13. The van der Waals surface area contributed by atoms with Gasteiger partial charge in [0.05, 0.1) is 27.8 Å². The lowest BCUT2D eigenvalue weighted by Gasteiger charge is -2.13. The number of H-pyrrole nitrogens is 1. The third kappa shape index (κ3) is 5.11. The SMILES string of the molecule is CCOc1ccc2nc(NC(=O)C(CC)Sc3nc(-c4ccccc4)c(C#N)c(=O)[nH]3)sc2c1. The van der Waals surface area contributed by atoms with E-state index < -0.39 is 10.8 Å². The molecule has 1 amide bonds. The summed E-state index contributed by atoms with van der Waals surface area (Å²) in [7, 11) is 0. The van der Waals surface area contributed by atoms with Crippen LogP contribution in [0.15, 0.2) is 58.5 Å². The topological polar surface area (TPSA) is 121 Å². The summed E-state index contributed by atoms with van der Waals surface area (Å²) in [6.45, 7) is 4.37. The standard InChI is InChI=1S/C24H21N5O3S2/c1-3-18(22(31)29-23-26-17-11-10-15(32-4-2)12-19(17)34-23)33-24-27-20(14-8-6-5-7-9-14)16(13-25)21(30)28-24/h5-12,18H,3-4H2,1-2H3,(H,26,29,31)(H,27,28,30). The summed E-state index contributed by atoms with van der Waals surface area (Å²) < 4.78 is 6.44. The van der Waals surface area contributed by atoms with E-state index in [1.807, 2.05) is 56.3 Å². The highest BCUT2D eigenvalue weighted by atomic mass is 32.2. The number of nitrogens with zero attached hydrogens (tertiary/aromatic N) is 3. The van der Waals surface area contributed by atoms with Crippen molar-refractivity contribution in [2.45, 2.75) is 30.7 Å². The molecular weight excluding hydrogens is 470 g/mol. The smallest absolute Gasteiger partial charge is 0.270 e. The van der Waals surface area contributed by atoms with Crippen molar-refractivity contribution in [3.05, 3.63) is 64.4 Å². The number of amides is 1. The summed E-state index contributed by atoms with van der Waals surface area (Å²) in [6, 6.07) is 16.6. The van der Waals surface area contributed by atoms with Gasteiger partial charge in [0.15, 0.2) is 10.3 Å². The number of carbonyl (C=O) groups is 1. The molecule has 172 valence electrons. The maximum Gasteiger partial charge on any atom is 0.270 e. The largest absolute Gasteiger partial charge is 0.494 e. The molecule has 0 spiro atoms. The van der Waals surface area contributed by atoms with Crippen LogP contribution in [0.25, 0.3) is 21.5 Å². The predicted molar refractivity (Wildman–Crippen MR) is 134 cm³/mol. The molecule has 2 N–H and O–H groups in total. The minimum Gasteiger partial charge on any atom is -0.494 e. The number of thioether (sulfide) groups is 1. The molecule has 0 fully saturated rings. The third-order valence-corrected chi connectivity index (χ3v) is 7.06. The number of hydrogen-bond donors (Lipinski definition) is 2. The van der Waals surface area contributed by atoms with Crippen LogP contribution in [0.3, 0.4) is 0 Å². The van der Waals surface area contributed by atoms with Crippen molar-refractivity contribution >= 4 is 44.4 Å². The first kappa shape index (κ1) is 23.5. The fraction of sp³-hybridized carbons (Fsp3) is 0.208. The van der Waals surface area contributed by atoms with Crippen LogP contribution in [0.2, 0.25) is 0 Å². The van der Waals surface area contributed by atoms with Crippen LogP contribution in [0, 0.1) is 11.3 Å². The first-order chi connectivity index (χ1) is 16.5. The molecule has 34 heavy (non-hydrogen) atoms. The molecule has 1 unspecified atom stereocenters. The normalized spacial score (nSPS) is 11.7. The number of ether oxygens (including phenoxy) is 1. The molecule has 0 bridgehead atoms. The minimum atomic E-state index is -0.537. The van der Waals surface area contributed by atoms with Gasteiger partial charge in [-0.1, -0.05) is 60.4 Å². The quantitative estimate of drug-likeness (QED) is 0.268. The highest BCUT2D eigenvalue weighted by Crippen LogP contribution is 2.31. The average Bonchev–Trinajstić information content (AvgIpc) is 3.24. The molecule has 0 aliphatic carbocycles. The first-order valence-electron chi connectivity index (χ1n) is 10.6. The molecule has 0 saturated heterocycles. The number of fused-ring (bicyclic) bond motifs is 1. The van der Waals surface area contributed by atoms with Gasteiger partial charge in [0.1, 0.15) is 17.4 Å². The summed E-state index contributed by atoms with van der Waals surface area (Å²) in [5, 5.41) is 12.6. The number of aromatic amines is 1. The Labute approximate surface area is 204 Å². The Morgan fingerprint density at radius 3 is 2.74 bits per heavy atom. The van der Waals surface area contributed by atoms with Crippen molar-refractivity contribution in [1.82, 2.24) is 15.0 Å². The Bertz CT molecular complexity index is 1430. The Kier molecular flexibility index (Phi) is 7.25. The van der Waals surface area contributed by atoms with Gasteiger partial charge in [-0.15, -0.1) is 0 Å². The second-order valence-electron chi connectivity index (χ2n) is 7.16. The second kappa shape index (κ2) is 10.5. The van der Waals surface area contributed by atoms with Crippen molar-refractivity contribution in [2.24, 2.45) is 0 Å². The number of carbonyl (C=O) groups excluding carboxylic acids is 1. The summed E-state index contributed by atoms with van der Waals surface area (Å²) in [6.07, 6.45) is 0.500. The maximum atomic E-state index is 13.0. The van der Waals surface area contributed by atoms with Crippen LogP contribution in [0.1, 0.15) is 25.8 Å². The van der Waals surface area contributed by atoms with Gasteiger partial charge in [0, 0.05) is 5.56 Å². The van der Waals surface area contributed by atoms with Crippen LogP contribution in [-0.2, 0) is 4.79 Å². The first-order valence-corrected chi connectivity index (χ1v) is 12.3. The van der Waals surface area contributed by atoms with E-state index in [-0.39, 0.29) is 16.6 Å². The number of benzene rings is 2. The molecule has 0 saturated carbocycles. The van der Waals surface area contributed by atoms with E-state index in [1.54, 1.807) is 12.1 Å². The molecule has 2 heterocycles. The molecule has 4 aromatic rings. The summed E-state index contributed by atoms with van der Waals surface area (Å²) >= 11 is 2.51. The Balaban J connectivity index is 1.56. The van der Waals surface area contributed by atoms with E-state index in [2.05, 4.69) is 20.3 Å². The van der Waals surface area contributed by atoms with Crippen LogP contribution in [0.5, 0.6) is 5.75 Å². The Hall–Kier alpha value is -3.68. The maximum absolute atomic E-state index is 13.0. The monoisotopic (exact) mass is 491 g/mol. The zero-order valence-corrected chi connectivity index (χ0v) is 20.1. The van der Waals surface area contributed by atoms with Crippen LogP contribution in [-0.4, -0.2) is 32.7 Å². The van der Waals surface area contributed by atoms with Crippen LogP contribution >= 0.6 is 23.1 Å². The van der Waals surface area contributed by atoms with E-state index >= 15 is 0 Å². The second-order valence-corrected chi connectivity index (χ2v) is 9.38. The summed E-state index contributed by atoms with van der Waals surface area (Å²) in [4.78, 5) is 37.1. The van der Waals surface area contributed by atoms with Gasteiger partial charge in [-0.3, -0.25) is 9.59 Å². The highest BCUT2D eigenvalue weighted by Gasteiger charge is 2.22. The van der Waals surface area contributed by atoms with Crippen molar-refractivity contribution in [3.8, 4) is 23.1 Å². The molecule has 0 aliphatic heterocycles. The van der Waals surface area contributed by atoms with Crippen LogP contribution in [0.4, 0.5) is 5.13 Å². The van der Waals surface area contributed by atoms with E-state index in [9.17, 15) is 14.9 Å². The number of aromatic nitrogens is 3. The van der Waals surface area contributed by atoms with E-state index in [1.165, 1.54) is 11.3 Å². The molecule has 4 rings (SSSR count). The lowest BCUT2D eigenvalue weighted by molar-refractivity contribution is -0.115. The van der Waals surface area contributed by atoms with Gasteiger partial charge < -0.3 is 15.0 Å². The predicted octanol–water partition coefficient (Wildman–Crippen LogP) is 4.83. The molecule has 8 nitrogen and oxygen atoms in total. The number of nitriles is 1. The Morgan fingerprint density at radius 2 is 2.03 bits per heavy atom. The van der Waals surface area contributed by atoms with E-state index in [0.717, 1.165) is 27.7 Å². The number of thiazole rings is 1. The van der Waals surface area contributed by atoms with Gasteiger partial charge in [-0.2, -0.15) is 5.26 Å². The third-order valence-electron chi connectivity index (χ3n) is 4.87. The van der Waals surface area contributed by atoms with Gasteiger partial charge >= 0.3 is 0 Å². The van der Waals surface area contributed by atoms with Gasteiger partial charge in [-0.05, 0) is 31.5 Å². The molecule has 1 atom stereocenters. The molecular formula is C24H21N5O3S2. The fourth-order valence-corrected chi connectivity index (χ4v) is 5.07. The Morgan fingerprint density at radius 1 is 1.24 bits per heavy atom. The van der Waals surface area contributed by atoms with Gasteiger partial charge in [0.2, 0.25) is 5.91 Å². The van der Waals surface area contributed by atoms with Gasteiger partial charge in [0.25, 0.3) is 5.56 Å². The summed E-state index contributed by atoms with van der Waals surface area (Å²) in [5.74, 6) is 0.508. The fourth-order valence-electron chi connectivity index (χ4n) is 3.27. The van der Waals surface area contributed by atoms with Gasteiger partial charge in [-0.25, -0.2) is 9.97 Å². The molecule has 10 heteroatoms. The van der Waals surface area contributed by atoms with E-state index in [0.29, 0.717) is 29.4 Å².